The minimum absolute atomic E-state index is 0.0359. The molecule has 94 valence electrons. The molecule has 1 aliphatic rings. The molecule has 1 amide bonds. The number of aromatic amines is 1. The molecule has 0 saturated heterocycles. The van der Waals surface area contributed by atoms with Gasteiger partial charge in [0.15, 0.2) is 10.4 Å². The third-order valence-electron chi connectivity index (χ3n) is 2.82. The lowest BCUT2D eigenvalue weighted by Crippen LogP contribution is -2.29. The monoisotopic (exact) mass is 282 g/mol. The molecule has 1 aliphatic carbocycles. The summed E-state index contributed by atoms with van der Waals surface area (Å²) in [5.41, 5.74) is 1.39. The van der Waals surface area contributed by atoms with Crippen molar-refractivity contribution in [2.75, 3.05) is 0 Å². The van der Waals surface area contributed by atoms with E-state index in [-0.39, 0.29) is 12.5 Å². The van der Waals surface area contributed by atoms with E-state index in [4.69, 9.17) is 23.8 Å². The van der Waals surface area contributed by atoms with Gasteiger partial charge in [0.1, 0.15) is 6.54 Å². The number of amides is 1. The van der Waals surface area contributed by atoms with Gasteiger partial charge in [-0.25, -0.2) is 4.98 Å². The molecule has 1 fully saturated rings. The number of carbonyl (C=O) groups excluding carboxylic acids is 1. The number of halogens is 1. The van der Waals surface area contributed by atoms with E-state index in [0.717, 1.165) is 18.4 Å². The summed E-state index contributed by atoms with van der Waals surface area (Å²) in [6, 6.07) is 2.09. The molecule has 2 heterocycles. The SMILES string of the molecule is O=C(Cn1c(=S)[nH]c2cc(Cl)cnc21)NC1CC1. The second kappa shape index (κ2) is 4.37. The zero-order valence-corrected chi connectivity index (χ0v) is 11.0. The standard InChI is InChI=1S/C11H11ClN4OS/c12-6-3-8-10(13-4-6)16(11(18)15-8)5-9(17)14-7-1-2-7/h3-4,7H,1-2,5H2,(H,14,17)(H,15,18). The largest absolute Gasteiger partial charge is 0.352 e. The molecule has 2 N–H and O–H groups in total. The number of pyridine rings is 1. The zero-order valence-electron chi connectivity index (χ0n) is 9.44. The van der Waals surface area contributed by atoms with Crippen LogP contribution in [0.2, 0.25) is 5.02 Å². The van der Waals surface area contributed by atoms with Crippen LogP contribution in [0.5, 0.6) is 0 Å². The highest BCUT2D eigenvalue weighted by Gasteiger charge is 2.23. The molecule has 2 aromatic rings. The first-order chi connectivity index (χ1) is 8.63. The Hall–Kier alpha value is -1.40. The smallest absolute Gasteiger partial charge is 0.240 e. The highest BCUT2D eigenvalue weighted by molar-refractivity contribution is 7.71. The average molecular weight is 283 g/mol. The van der Waals surface area contributed by atoms with Crippen LogP contribution in [-0.4, -0.2) is 26.5 Å². The predicted molar refractivity (Wildman–Crippen MR) is 71.1 cm³/mol. The molecule has 18 heavy (non-hydrogen) atoms. The minimum atomic E-state index is -0.0359. The highest BCUT2D eigenvalue weighted by atomic mass is 35.5. The van der Waals surface area contributed by atoms with E-state index >= 15 is 0 Å². The van der Waals surface area contributed by atoms with E-state index in [1.807, 2.05) is 0 Å². The summed E-state index contributed by atoms with van der Waals surface area (Å²) in [4.78, 5) is 19.0. The topological polar surface area (TPSA) is 62.7 Å². The van der Waals surface area contributed by atoms with Crippen molar-refractivity contribution in [1.29, 1.82) is 0 Å². The van der Waals surface area contributed by atoms with Crippen molar-refractivity contribution in [3.8, 4) is 0 Å². The summed E-state index contributed by atoms with van der Waals surface area (Å²) in [5, 5.41) is 3.46. The van der Waals surface area contributed by atoms with Crippen LogP contribution >= 0.6 is 23.8 Å². The van der Waals surface area contributed by atoms with Crippen molar-refractivity contribution >= 4 is 40.9 Å². The summed E-state index contributed by atoms with van der Waals surface area (Å²) in [5.74, 6) is -0.0359. The van der Waals surface area contributed by atoms with Gasteiger partial charge < -0.3 is 10.3 Å². The highest BCUT2D eigenvalue weighted by Crippen LogP contribution is 2.19. The minimum Gasteiger partial charge on any atom is -0.352 e. The van der Waals surface area contributed by atoms with Crippen LogP contribution in [0.15, 0.2) is 12.3 Å². The van der Waals surface area contributed by atoms with Gasteiger partial charge in [0, 0.05) is 12.2 Å². The molecular weight excluding hydrogens is 272 g/mol. The van der Waals surface area contributed by atoms with Crippen molar-refractivity contribution < 1.29 is 4.79 Å². The number of rotatable bonds is 3. The van der Waals surface area contributed by atoms with Crippen molar-refractivity contribution in [2.24, 2.45) is 0 Å². The Morgan fingerprint density at radius 1 is 1.67 bits per heavy atom. The number of imidazole rings is 1. The van der Waals surface area contributed by atoms with Crippen molar-refractivity contribution in [3.05, 3.63) is 22.1 Å². The van der Waals surface area contributed by atoms with E-state index in [2.05, 4.69) is 15.3 Å². The number of hydrogen-bond donors (Lipinski definition) is 2. The number of aromatic nitrogens is 3. The molecule has 0 unspecified atom stereocenters. The number of H-pyrrole nitrogens is 1. The Labute approximate surface area is 113 Å². The fourth-order valence-corrected chi connectivity index (χ4v) is 2.23. The molecule has 0 bridgehead atoms. The van der Waals surface area contributed by atoms with E-state index in [0.29, 0.717) is 21.5 Å². The van der Waals surface area contributed by atoms with E-state index in [1.54, 1.807) is 16.8 Å². The van der Waals surface area contributed by atoms with Crippen LogP contribution in [0, 0.1) is 4.77 Å². The normalized spacial score (nSPS) is 14.9. The van der Waals surface area contributed by atoms with Gasteiger partial charge in [-0.3, -0.25) is 9.36 Å². The lowest BCUT2D eigenvalue weighted by atomic mass is 10.4. The lowest BCUT2D eigenvalue weighted by molar-refractivity contribution is -0.121. The van der Waals surface area contributed by atoms with Gasteiger partial charge >= 0.3 is 0 Å². The van der Waals surface area contributed by atoms with Crippen molar-refractivity contribution in [2.45, 2.75) is 25.4 Å². The maximum Gasteiger partial charge on any atom is 0.240 e. The molecule has 7 heteroatoms. The molecule has 1 saturated carbocycles. The Balaban J connectivity index is 1.92. The Bertz CT molecular complexity index is 673. The Kier molecular flexibility index (Phi) is 2.83. The van der Waals surface area contributed by atoms with Gasteiger partial charge in [-0.15, -0.1) is 0 Å². The number of hydrogen-bond acceptors (Lipinski definition) is 3. The molecule has 3 rings (SSSR count). The summed E-state index contributed by atoms with van der Waals surface area (Å²) in [6.45, 7) is 0.184. The summed E-state index contributed by atoms with van der Waals surface area (Å²) >= 11 is 11.0. The zero-order chi connectivity index (χ0) is 12.7. The molecule has 5 nitrogen and oxygen atoms in total. The molecule has 0 spiro atoms. The van der Waals surface area contributed by atoms with Crippen LogP contribution in [0.4, 0.5) is 0 Å². The third-order valence-corrected chi connectivity index (χ3v) is 3.35. The Morgan fingerprint density at radius 3 is 3.17 bits per heavy atom. The molecule has 0 aliphatic heterocycles. The third kappa shape index (κ3) is 2.26. The Morgan fingerprint density at radius 2 is 2.44 bits per heavy atom. The summed E-state index contributed by atoms with van der Waals surface area (Å²) in [6.07, 6.45) is 3.68. The predicted octanol–water partition coefficient (Wildman–Crippen LogP) is 2.03. The van der Waals surface area contributed by atoms with Crippen molar-refractivity contribution in [1.82, 2.24) is 19.9 Å². The first kappa shape index (κ1) is 11.7. The first-order valence-electron chi connectivity index (χ1n) is 5.67. The summed E-state index contributed by atoms with van der Waals surface area (Å²) < 4.78 is 2.16. The second-order valence-electron chi connectivity index (χ2n) is 4.38. The van der Waals surface area contributed by atoms with Crippen LogP contribution in [0.1, 0.15) is 12.8 Å². The molecular formula is C11H11ClN4OS. The number of nitrogens with one attached hydrogen (secondary N) is 2. The maximum atomic E-state index is 11.8. The van der Waals surface area contributed by atoms with Gasteiger partial charge in [0.2, 0.25) is 5.91 Å². The van der Waals surface area contributed by atoms with E-state index < -0.39 is 0 Å². The number of fused-ring (bicyclic) bond motifs is 1. The maximum absolute atomic E-state index is 11.8. The lowest BCUT2D eigenvalue weighted by Gasteiger charge is -2.04. The quantitative estimate of drug-likeness (QED) is 0.847. The number of carbonyl (C=O) groups is 1. The van der Waals surface area contributed by atoms with Gasteiger partial charge in [-0.2, -0.15) is 0 Å². The van der Waals surface area contributed by atoms with Gasteiger partial charge in [-0.05, 0) is 31.1 Å². The molecule has 0 radical (unpaired) electrons. The average Bonchev–Trinajstić information content (AvgIpc) is 3.05. The van der Waals surface area contributed by atoms with Gasteiger partial charge in [0.25, 0.3) is 0 Å². The van der Waals surface area contributed by atoms with Gasteiger partial charge in [-0.1, -0.05) is 11.6 Å². The molecule has 0 aromatic carbocycles. The van der Waals surface area contributed by atoms with Crippen LogP contribution in [0.3, 0.4) is 0 Å². The fraction of sp³-hybridized carbons (Fsp3) is 0.364. The molecule has 2 aromatic heterocycles. The van der Waals surface area contributed by atoms with Gasteiger partial charge in [0.05, 0.1) is 10.5 Å². The van der Waals surface area contributed by atoms with Crippen LogP contribution < -0.4 is 5.32 Å². The molecule has 0 atom stereocenters. The number of nitrogens with zero attached hydrogens (tertiary/aromatic N) is 2. The fourth-order valence-electron chi connectivity index (χ4n) is 1.81. The van der Waals surface area contributed by atoms with Crippen LogP contribution in [-0.2, 0) is 11.3 Å². The first-order valence-corrected chi connectivity index (χ1v) is 6.45. The van der Waals surface area contributed by atoms with E-state index in [1.165, 1.54) is 0 Å². The van der Waals surface area contributed by atoms with E-state index in [9.17, 15) is 4.79 Å². The van der Waals surface area contributed by atoms with Crippen LogP contribution in [0.25, 0.3) is 11.2 Å². The summed E-state index contributed by atoms with van der Waals surface area (Å²) in [7, 11) is 0. The van der Waals surface area contributed by atoms with Crippen molar-refractivity contribution in [3.63, 3.8) is 0 Å². The second-order valence-corrected chi connectivity index (χ2v) is 5.21.